The van der Waals surface area contributed by atoms with Crippen molar-refractivity contribution in [2.45, 2.75) is 9.79 Å². The molecule has 2 aliphatic heterocycles. The third-order valence-electron chi connectivity index (χ3n) is 6.88. The van der Waals surface area contributed by atoms with Crippen LogP contribution in [0.4, 0.5) is 11.6 Å². The summed E-state index contributed by atoms with van der Waals surface area (Å²) in [6.07, 6.45) is 2.97. The highest BCUT2D eigenvalue weighted by atomic mass is 32.2. The van der Waals surface area contributed by atoms with Gasteiger partial charge in [-0.2, -0.15) is 0 Å². The average molecular weight is 663 g/mol. The van der Waals surface area contributed by atoms with Crippen LogP contribution in [0.5, 0.6) is 0 Å². The summed E-state index contributed by atoms with van der Waals surface area (Å²) in [5, 5.41) is 25.7. The second-order valence-electron chi connectivity index (χ2n) is 9.67. The summed E-state index contributed by atoms with van der Waals surface area (Å²) in [6.45, 7) is 0. The smallest absolute Gasteiger partial charge is 0.277 e. The van der Waals surface area contributed by atoms with Crippen LogP contribution in [-0.4, -0.2) is 71.5 Å². The van der Waals surface area contributed by atoms with Gasteiger partial charge < -0.3 is 20.8 Å². The Morgan fingerprint density at radius 3 is 1.28 bits per heavy atom. The first kappa shape index (κ1) is 31.7. The van der Waals surface area contributed by atoms with Crippen LogP contribution in [0.15, 0.2) is 119 Å². The van der Waals surface area contributed by atoms with E-state index >= 15 is 0 Å². The Morgan fingerprint density at radius 1 is 0.587 bits per heavy atom. The van der Waals surface area contributed by atoms with E-state index in [1.165, 1.54) is 50.8 Å². The predicted octanol–water partition coefficient (Wildman–Crippen LogP) is 3.16. The second kappa shape index (κ2) is 12.3. The van der Waals surface area contributed by atoms with Gasteiger partial charge in [0.2, 0.25) is 0 Å². The minimum absolute atomic E-state index is 0.0469. The van der Waals surface area contributed by atoms with Crippen molar-refractivity contribution < 1.29 is 36.6 Å². The molecule has 6 rings (SSSR count). The highest BCUT2D eigenvalue weighted by Crippen LogP contribution is 2.36. The lowest BCUT2D eigenvalue weighted by molar-refractivity contribution is -0.114. The van der Waals surface area contributed by atoms with Crippen molar-refractivity contribution in [2.24, 2.45) is 0 Å². The number of aromatic nitrogens is 2. The first-order valence-electron chi connectivity index (χ1n) is 13.3. The fraction of sp³-hybridized carbons (Fsp3) is 0.0667. The molecule has 236 valence electrons. The molecule has 2 aromatic heterocycles. The molecule has 0 saturated carbocycles. The van der Waals surface area contributed by atoms with E-state index in [0.29, 0.717) is 0 Å². The number of nitrogens with zero attached hydrogens (tertiary/aromatic N) is 4. The summed E-state index contributed by atoms with van der Waals surface area (Å²) < 4.78 is 51.5. The summed E-state index contributed by atoms with van der Waals surface area (Å²) in [7, 11) is -5.38. The van der Waals surface area contributed by atoms with E-state index in [0.717, 1.165) is 8.61 Å². The highest BCUT2D eigenvalue weighted by molar-refractivity contribution is 7.89. The van der Waals surface area contributed by atoms with E-state index in [-0.39, 0.29) is 43.9 Å². The zero-order valence-electron chi connectivity index (χ0n) is 24.2. The number of anilines is 2. The summed E-state index contributed by atoms with van der Waals surface area (Å²) in [5.41, 5.74) is -0.516. The summed E-state index contributed by atoms with van der Waals surface area (Å²) in [4.78, 5) is 32.6. The monoisotopic (exact) mass is 662 g/mol. The van der Waals surface area contributed by atoms with Crippen LogP contribution in [0.25, 0.3) is 11.5 Å². The number of aliphatic hydroxyl groups is 2. The minimum Gasteiger partial charge on any atom is -0.505 e. The quantitative estimate of drug-likeness (QED) is 0.252. The van der Waals surface area contributed by atoms with Crippen molar-refractivity contribution in [1.82, 2.24) is 18.6 Å². The number of likely N-dealkylation sites (N-methyl/N-ethyl adjacent to an activating group) is 2. The number of nitrogens with one attached hydrogen (secondary N) is 2. The number of hydrogen-bond acceptors (Lipinski definition) is 10. The predicted molar refractivity (Wildman–Crippen MR) is 168 cm³/mol. The lowest BCUT2D eigenvalue weighted by Gasteiger charge is -2.28. The Kier molecular flexibility index (Phi) is 8.49. The molecule has 0 unspecified atom stereocenters. The third-order valence-corrected chi connectivity index (χ3v) is 10.5. The fourth-order valence-electron chi connectivity index (χ4n) is 4.59. The molecule has 2 aromatic carbocycles. The lowest BCUT2D eigenvalue weighted by Crippen LogP contribution is -2.37. The van der Waals surface area contributed by atoms with Crippen molar-refractivity contribution in [1.29, 1.82) is 0 Å². The summed E-state index contributed by atoms with van der Waals surface area (Å²) >= 11 is 0. The summed E-state index contributed by atoms with van der Waals surface area (Å²) in [5.74, 6) is -1.81. The number of aliphatic hydroxyl groups excluding tert-OH is 2. The molecule has 2 amide bonds. The molecule has 0 spiro atoms. The Labute approximate surface area is 264 Å². The number of benzene rings is 2. The first-order chi connectivity index (χ1) is 21.9. The van der Waals surface area contributed by atoms with Gasteiger partial charge in [-0.15, -0.1) is 0 Å². The molecular weight excluding hydrogens is 636 g/mol. The third kappa shape index (κ3) is 5.73. The standard InChI is InChI=1S/2C15H13N3O4S/c2*1-18-13(15(20)17-12-8-4-5-9-16-12)14(19)10-6-2-3-7-11(10)23(18,21)22/h2*2-9,19H,1H3,(H,16,17,20). The minimum atomic E-state index is -3.91. The van der Waals surface area contributed by atoms with Gasteiger partial charge in [-0.1, -0.05) is 36.4 Å². The van der Waals surface area contributed by atoms with E-state index in [2.05, 4.69) is 20.6 Å². The maximum atomic E-state index is 12.5. The second-order valence-corrected chi connectivity index (χ2v) is 13.5. The van der Waals surface area contributed by atoms with Crippen molar-refractivity contribution in [3.05, 3.63) is 120 Å². The normalized spacial score (nSPS) is 16.0. The van der Waals surface area contributed by atoms with Gasteiger partial charge in [0.05, 0.1) is 9.79 Å². The number of amides is 2. The zero-order valence-corrected chi connectivity index (χ0v) is 25.8. The molecule has 4 aromatic rings. The lowest BCUT2D eigenvalue weighted by atomic mass is 10.1. The van der Waals surface area contributed by atoms with E-state index < -0.39 is 43.4 Å². The summed E-state index contributed by atoms with van der Waals surface area (Å²) in [6, 6.07) is 21.8. The van der Waals surface area contributed by atoms with Gasteiger partial charge in [-0.3, -0.25) is 18.2 Å². The Balaban J connectivity index is 0.000000181. The van der Waals surface area contributed by atoms with Crippen molar-refractivity contribution in [3.8, 4) is 0 Å². The average Bonchev–Trinajstić information content (AvgIpc) is 3.05. The number of carbonyl (C=O) groups is 2. The molecule has 4 heterocycles. The van der Waals surface area contributed by atoms with Gasteiger partial charge in [0.15, 0.2) is 22.9 Å². The molecule has 0 aliphatic carbocycles. The van der Waals surface area contributed by atoms with Gasteiger partial charge in [0, 0.05) is 37.6 Å². The van der Waals surface area contributed by atoms with Crippen molar-refractivity contribution >= 4 is 55.0 Å². The van der Waals surface area contributed by atoms with Crippen LogP contribution in [0.1, 0.15) is 11.1 Å². The number of pyridine rings is 2. The van der Waals surface area contributed by atoms with Crippen LogP contribution in [0.3, 0.4) is 0 Å². The molecule has 0 atom stereocenters. The highest BCUT2D eigenvalue weighted by Gasteiger charge is 2.39. The topological polar surface area (TPSA) is 199 Å². The van der Waals surface area contributed by atoms with Gasteiger partial charge in [-0.25, -0.2) is 26.8 Å². The molecule has 0 fully saturated rings. The van der Waals surface area contributed by atoms with Crippen LogP contribution in [-0.2, 0) is 29.6 Å². The maximum absolute atomic E-state index is 12.5. The van der Waals surface area contributed by atoms with Crippen LogP contribution < -0.4 is 10.6 Å². The number of carbonyl (C=O) groups excluding carboxylic acids is 2. The van der Waals surface area contributed by atoms with E-state index in [9.17, 15) is 36.6 Å². The van der Waals surface area contributed by atoms with Crippen LogP contribution in [0.2, 0.25) is 0 Å². The number of rotatable bonds is 4. The molecule has 0 bridgehead atoms. The molecule has 14 nitrogen and oxygen atoms in total. The fourth-order valence-corrected chi connectivity index (χ4v) is 7.38. The van der Waals surface area contributed by atoms with E-state index in [1.54, 1.807) is 60.7 Å². The molecular formula is C30H26N6O8S2. The Morgan fingerprint density at radius 2 is 0.935 bits per heavy atom. The number of fused-ring (bicyclic) bond motifs is 2. The Hall–Kier alpha value is -5.74. The Bertz CT molecular complexity index is 1970. The van der Waals surface area contributed by atoms with Crippen molar-refractivity contribution in [2.75, 3.05) is 24.7 Å². The molecule has 46 heavy (non-hydrogen) atoms. The molecule has 4 N–H and O–H groups in total. The first-order valence-corrected chi connectivity index (χ1v) is 16.2. The maximum Gasteiger partial charge on any atom is 0.277 e. The number of sulfonamides is 2. The SMILES string of the molecule is CN1C(C(=O)Nc2ccccn2)=C(O)c2ccccc2S1(=O)=O.CN1C(C(=O)Nc2ccccn2)=C(O)c2ccccc2S1(=O)=O. The van der Waals surface area contributed by atoms with E-state index in [4.69, 9.17) is 0 Å². The molecule has 0 radical (unpaired) electrons. The zero-order chi connectivity index (χ0) is 33.2. The number of hydrogen-bond donors (Lipinski definition) is 4. The van der Waals surface area contributed by atoms with Gasteiger partial charge in [-0.05, 0) is 48.5 Å². The van der Waals surface area contributed by atoms with Gasteiger partial charge in [0.25, 0.3) is 31.9 Å². The van der Waals surface area contributed by atoms with Gasteiger partial charge >= 0.3 is 0 Å². The van der Waals surface area contributed by atoms with Crippen molar-refractivity contribution in [3.63, 3.8) is 0 Å². The van der Waals surface area contributed by atoms with E-state index in [1.807, 2.05) is 0 Å². The molecule has 16 heteroatoms. The van der Waals surface area contributed by atoms with Crippen LogP contribution >= 0.6 is 0 Å². The van der Waals surface area contributed by atoms with Crippen LogP contribution in [0, 0.1) is 0 Å². The molecule has 0 saturated heterocycles. The van der Waals surface area contributed by atoms with Gasteiger partial charge in [0.1, 0.15) is 11.6 Å². The largest absolute Gasteiger partial charge is 0.505 e. The molecule has 2 aliphatic rings.